The summed E-state index contributed by atoms with van der Waals surface area (Å²) in [5.41, 5.74) is 2.21. The molecule has 3 aromatic carbocycles. The zero-order valence-corrected chi connectivity index (χ0v) is 18.1. The topological polar surface area (TPSA) is 88.1 Å². The van der Waals surface area contributed by atoms with Crippen LogP contribution in [0.15, 0.2) is 84.9 Å². The number of para-hydroxylation sites is 1. The number of ether oxygens (including phenoxy) is 2. The lowest BCUT2D eigenvalue weighted by Crippen LogP contribution is -2.51. The predicted molar refractivity (Wildman–Crippen MR) is 124 cm³/mol. The average molecular weight is 447 g/mol. The summed E-state index contributed by atoms with van der Waals surface area (Å²) in [7, 11) is 0. The van der Waals surface area contributed by atoms with Crippen molar-refractivity contribution in [1.82, 2.24) is 4.90 Å². The molecule has 1 aliphatic heterocycles. The summed E-state index contributed by atoms with van der Waals surface area (Å²) >= 11 is 0. The minimum atomic E-state index is -0.927. The molecular formula is C26H26N2O5. The van der Waals surface area contributed by atoms with Crippen molar-refractivity contribution in [3.63, 3.8) is 0 Å². The van der Waals surface area contributed by atoms with Gasteiger partial charge in [0, 0.05) is 12.2 Å². The summed E-state index contributed by atoms with van der Waals surface area (Å²) in [6.07, 6.45) is -0.927. The summed E-state index contributed by atoms with van der Waals surface area (Å²) in [5, 5.41) is 13.8. The molecule has 0 aromatic heterocycles. The van der Waals surface area contributed by atoms with Gasteiger partial charge in [0.1, 0.15) is 18.5 Å². The fourth-order valence-electron chi connectivity index (χ4n) is 3.72. The molecule has 0 unspecified atom stereocenters. The van der Waals surface area contributed by atoms with Gasteiger partial charge in [-0.15, -0.1) is 0 Å². The summed E-state index contributed by atoms with van der Waals surface area (Å²) in [6.45, 7) is 0.547. The maximum Gasteiger partial charge on any atom is 0.262 e. The molecule has 1 heterocycles. The average Bonchev–Trinajstić information content (AvgIpc) is 2.85. The van der Waals surface area contributed by atoms with Crippen LogP contribution < -0.4 is 10.1 Å². The molecule has 0 spiro atoms. The molecule has 2 amide bonds. The number of amides is 2. The highest BCUT2D eigenvalue weighted by molar-refractivity contribution is 5.91. The molecule has 2 atom stereocenters. The Labute approximate surface area is 192 Å². The van der Waals surface area contributed by atoms with Crippen molar-refractivity contribution < 1.29 is 24.2 Å². The van der Waals surface area contributed by atoms with Crippen LogP contribution in [0.1, 0.15) is 17.2 Å². The molecule has 1 fully saturated rings. The van der Waals surface area contributed by atoms with Crippen LogP contribution in [0.2, 0.25) is 0 Å². The number of aliphatic hydroxyl groups is 1. The molecule has 0 aliphatic carbocycles. The summed E-state index contributed by atoms with van der Waals surface area (Å²) in [5.74, 6) is 0.180. The third kappa shape index (κ3) is 5.97. The molecule has 2 N–H and O–H groups in total. The van der Waals surface area contributed by atoms with E-state index < -0.39 is 12.1 Å². The summed E-state index contributed by atoms with van der Waals surface area (Å²) < 4.78 is 10.9. The number of carbonyl (C=O) groups is 2. The van der Waals surface area contributed by atoms with Gasteiger partial charge in [-0.1, -0.05) is 60.7 Å². The minimum absolute atomic E-state index is 0.00603. The van der Waals surface area contributed by atoms with E-state index in [1.54, 1.807) is 41.3 Å². The van der Waals surface area contributed by atoms with Gasteiger partial charge in [-0.25, -0.2) is 0 Å². The van der Waals surface area contributed by atoms with E-state index in [2.05, 4.69) is 5.32 Å². The lowest BCUT2D eigenvalue weighted by molar-refractivity contribution is -0.155. The zero-order valence-electron chi connectivity index (χ0n) is 18.1. The minimum Gasteiger partial charge on any atom is -0.484 e. The van der Waals surface area contributed by atoms with E-state index in [4.69, 9.17) is 9.47 Å². The van der Waals surface area contributed by atoms with Crippen LogP contribution in [0.4, 0.5) is 5.69 Å². The van der Waals surface area contributed by atoms with Gasteiger partial charge >= 0.3 is 0 Å². The number of anilines is 1. The van der Waals surface area contributed by atoms with Crippen LogP contribution in [0.3, 0.4) is 0 Å². The molecule has 0 saturated carbocycles. The van der Waals surface area contributed by atoms with E-state index >= 15 is 0 Å². The molecule has 4 rings (SSSR count). The van der Waals surface area contributed by atoms with Crippen molar-refractivity contribution >= 4 is 17.5 Å². The number of carbonyl (C=O) groups excluding carboxylic acids is 2. The molecule has 1 aliphatic rings. The van der Waals surface area contributed by atoms with Gasteiger partial charge in [-0.3, -0.25) is 9.59 Å². The SMILES string of the molecule is O=C(COc1ccccc1)Nc1ccc([C@@H](O)[C@H]2COCC(=O)N2Cc2ccccc2)cc1. The Morgan fingerprint density at radius 3 is 2.39 bits per heavy atom. The number of morpholine rings is 1. The van der Waals surface area contributed by atoms with Crippen LogP contribution >= 0.6 is 0 Å². The molecule has 33 heavy (non-hydrogen) atoms. The first kappa shape index (κ1) is 22.5. The zero-order chi connectivity index (χ0) is 23.0. The molecule has 3 aromatic rings. The number of hydrogen-bond donors (Lipinski definition) is 2. The van der Waals surface area contributed by atoms with Crippen molar-refractivity contribution in [3.05, 3.63) is 96.1 Å². The first-order valence-corrected chi connectivity index (χ1v) is 10.8. The second kappa shape index (κ2) is 10.8. The molecule has 7 nitrogen and oxygen atoms in total. The van der Waals surface area contributed by atoms with Crippen molar-refractivity contribution in [1.29, 1.82) is 0 Å². The normalized spacial score (nSPS) is 16.8. The number of nitrogens with zero attached hydrogens (tertiary/aromatic N) is 1. The van der Waals surface area contributed by atoms with Gasteiger partial charge in [-0.2, -0.15) is 0 Å². The molecule has 0 radical (unpaired) electrons. The second-order valence-electron chi connectivity index (χ2n) is 7.81. The molecule has 7 heteroatoms. The fraction of sp³-hybridized carbons (Fsp3) is 0.231. The number of nitrogens with one attached hydrogen (secondary N) is 1. The van der Waals surface area contributed by atoms with Crippen LogP contribution in [0.25, 0.3) is 0 Å². The third-order valence-electron chi connectivity index (χ3n) is 5.44. The first-order chi connectivity index (χ1) is 16.1. The standard InChI is InChI=1S/C26H26N2O5/c29-24(17-33-22-9-5-2-6-10-22)27-21-13-11-20(12-14-21)26(31)23-16-32-18-25(30)28(23)15-19-7-3-1-4-8-19/h1-14,23,26,31H,15-18H2,(H,27,29)/t23-,26-/m1/s1. The number of aliphatic hydroxyl groups excluding tert-OH is 1. The smallest absolute Gasteiger partial charge is 0.262 e. The molecule has 0 bridgehead atoms. The monoisotopic (exact) mass is 446 g/mol. The van der Waals surface area contributed by atoms with E-state index in [0.717, 1.165) is 5.56 Å². The Balaban J connectivity index is 1.37. The van der Waals surface area contributed by atoms with Gasteiger partial charge in [-0.05, 0) is 35.4 Å². The predicted octanol–water partition coefficient (Wildman–Crippen LogP) is 3.17. The second-order valence-corrected chi connectivity index (χ2v) is 7.81. The Morgan fingerprint density at radius 1 is 1.03 bits per heavy atom. The summed E-state index contributed by atoms with van der Waals surface area (Å²) in [4.78, 5) is 26.3. The van der Waals surface area contributed by atoms with Gasteiger partial charge < -0.3 is 24.8 Å². The highest BCUT2D eigenvalue weighted by Gasteiger charge is 2.34. The fourth-order valence-corrected chi connectivity index (χ4v) is 3.72. The largest absolute Gasteiger partial charge is 0.484 e. The van der Waals surface area contributed by atoms with Crippen molar-refractivity contribution in [2.24, 2.45) is 0 Å². The van der Waals surface area contributed by atoms with E-state index in [1.807, 2.05) is 48.5 Å². The number of benzene rings is 3. The lowest BCUT2D eigenvalue weighted by atomic mass is 9.99. The van der Waals surface area contributed by atoms with Crippen LogP contribution in [-0.2, 0) is 20.9 Å². The maximum atomic E-state index is 12.5. The Kier molecular flexibility index (Phi) is 7.34. The number of hydrogen-bond acceptors (Lipinski definition) is 5. The Hall–Kier alpha value is -3.68. The van der Waals surface area contributed by atoms with E-state index in [9.17, 15) is 14.7 Å². The van der Waals surface area contributed by atoms with Gasteiger partial charge in [0.15, 0.2) is 6.61 Å². The Morgan fingerprint density at radius 2 is 1.70 bits per heavy atom. The molecular weight excluding hydrogens is 420 g/mol. The highest BCUT2D eigenvalue weighted by atomic mass is 16.5. The highest BCUT2D eigenvalue weighted by Crippen LogP contribution is 2.26. The summed E-state index contributed by atoms with van der Waals surface area (Å²) in [6, 6.07) is 25.2. The van der Waals surface area contributed by atoms with Crippen LogP contribution in [0.5, 0.6) is 5.75 Å². The Bertz CT molecular complexity index is 1060. The first-order valence-electron chi connectivity index (χ1n) is 10.8. The van der Waals surface area contributed by atoms with Crippen LogP contribution in [-0.4, -0.2) is 47.7 Å². The maximum absolute atomic E-state index is 12.5. The van der Waals surface area contributed by atoms with Crippen molar-refractivity contribution in [2.75, 3.05) is 25.1 Å². The van der Waals surface area contributed by atoms with E-state index in [1.165, 1.54) is 0 Å². The van der Waals surface area contributed by atoms with E-state index in [-0.39, 0.29) is 31.6 Å². The quantitative estimate of drug-likeness (QED) is 0.555. The van der Waals surface area contributed by atoms with Crippen molar-refractivity contribution in [2.45, 2.75) is 18.7 Å². The van der Waals surface area contributed by atoms with E-state index in [0.29, 0.717) is 23.5 Å². The van der Waals surface area contributed by atoms with Gasteiger partial charge in [0.2, 0.25) is 5.91 Å². The third-order valence-corrected chi connectivity index (χ3v) is 5.44. The van der Waals surface area contributed by atoms with Gasteiger partial charge in [0.25, 0.3) is 5.91 Å². The molecule has 1 saturated heterocycles. The molecule has 170 valence electrons. The van der Waals surface area contributed by atoms with Crippen LogP contribution in [0, 0.1) is 0 Å². The number of rotatable bonds is 8. The van der Waals surface area contributed by atoms with Gasteiger partial charge in [0.05, 0.1) is 12.6 Å². The lowest BCUT2D eigenvalue weighted by Gasteiger charge is -2.38. The van der Waals surface area contributed by atoms with Crippen molar-refractivity contribution in [3.8, 4) is 5.75 Å².